The molecule has 0 nitrogen and oxygen atoms in total. The zero-order valence-electron chi connectivity index (χ0n) is 22.6. The number of fused-ring (bicyclic) bond motifs is 2. The van der Waals surface area contributed by atoms with Gasteiger partial charge < -0.3 is 0 Å². The van der Waals surface area contributed by atoms with Crippen LogP contribution in [0.5, 0.6) is 0 Å². The molecule has 4 aromatic rings. The summed E-state index contributed by atoms with van der Waals surface area (Å²) in [5.41, 5.74) is 9.74. The standard InChI is InChI=1S/C12H11Si.2C12H13.Hf/c1-3-7-11(8-4-1)13-12-9-5-2-6-10-12;2*1-2-5-10-8-11-6-3-4-7-12(11)9-10;/h1-10,13H;2*3-4,6-9H,2,5H2,1H3;. The van der Waals surface area contributed by atoms with Gasteiger partial charge in [-0.1, -0.05) is 0 Å². The van der Waals surface area contributed by atoms with E-state index in [1.54, 1.807) is 32.6 Å². The summed E-state index contributed by atoms with van der Waals surface area (Å²) in [5.74, 6) is -1.48. The minimum absolute atomic E-state index is 0.657. The van der Waals surface area contributed by atoms with E-state index < -0.39 is 26.6 Å². The molecular formula is C36H37HfSi. The van der Waals surface area contributed by atoms with E-state index in [9.17, 15) is 0 Å². The molecule has 0 N–H and O–H groups in total. The Morgan fingerprint density at radius 1 is 0.526 bits per heavy atom. The van der Waals surface area contributed by atoms with Crippen LogP contribution in [0.25, 0.3) is 12.2 Å². The van der Waals surface area contributed by atoms with Crippen molar-refractivity contribution in [2.24, 2.45) is 0 Å². The van der Waals surface area contributed by atoms with Crippen LogP contribution in [0.4, 0.5) is 0 Å². The zero-order chi connectivity index (χ0) is 25.9. The second-order valence-electron chi connectivity index (χ2n) is 10.8. The summed E-state index contributed by atoms with van der Waals surface area (Å²) < 4.78 is 1.31. The van der Waals surface area contributed by atoms with Gasteiger partial charge in [-0.3, -0.25) is 0 Å². The van der Waals surface area contributed by atoms with Crippen LogP contribution in [-0.2, 0) is 20.6 Å². The first-order chi connectivity index (χ1) is 18.8. The van der Waals surface area contributed by atoms with Crippen LogP contribution in [0.3, 0.4) is 0 Å². The average molecular weight is 676 g/mol. The molecule has 0 fully saturated rings. The first-order valence-corrected chi connectivity index (χ1v) is 26.5. The maximum atomic E-state index is 2.60. The van der Waals surface area contributed by atoms with Crippen LogP contribution in [0.15, 0.2) is 120 Å². The fraction of sp³-hybridized carbons (Fsp3) is 0.222. The Kier molecular flexibility index (Phi) is 7.90. The first kappa shape index (κ1) is 25.7. The fourth-order valence-corrected chi connectivity index (χ4v) is 46.4. The summed E-state index contributed by atoms with van der Waals surface area (Å²) in [6.45, 7) is 4.73. The van der Waals surface area contributed by atoms with E-state index in [-0.39, 0.29) is 0 Å². The van der Waals surface area contributed by atoms with Gasteiger partial charge in [0.05, 0.1) is 0 Å². The van der Waals surface area contributed by atoms with Crippen molar-refractivity contribution in [1.29, 1.82) is 0 Å². The van der Waals surface area contributed by atoms with E-state index in [4.69, 9.17) is 0 Å². The molecule has 0 heterocycles. The Labute approximate surface area is 237 Å². The number of benzene rings is 4. The predicted molar refractivity (Wildman–Crippen MR) is 163 cm³/mol. The topological polar surface area (TPSA) is 0 Å². The molecule has 0 radical (unpaired) electrons. The Bertz CT molecular complexity index is 1340. The van der Waals surface area contributed by atoms with E-state index >= 15 is 0 Å². The van der Waals surface area contributed by atoms with Gasteiger partial charge in [0.2, 0.25) is 0 Å². The third kappa shape index (κ3) is 4.82. The van der Waals surface area contributed by atoms with Gasteiger partial charge in [0.15, 0.2) is 0 Å². The summed E-state index contributed by atoms with van der Waals surface area (Å²) in [6.07, 6.45) is 10.1. The molecule has 2 aliphatic rings. The summed E-state index contributed by atoms with van der Waals surface area (Å²) in [5, 5.41) is 3.31. The Morgan fingerprint density at radius 2 is 0.921 bits per heavy atom. The maximum absolute atomic E-state index is 2.66. The third-order valence-corrected chi connectivity index (χ3v) is 40.7. The second kappa shape index (κ2) is 11.7. The summed E-state index contributed by atoms with van der Waals surface area (Å²) >= 11 is -2.66. The van der Waals surface area contributed by atoms with Crippen LogP contribution in [-0.4, -0.2) is 5.98 Å². The molecule has 38 heavy (non-hydrogen) atoms. The quantitative estimate of drug-likeness (QED) is 0.158. The van der Waals surface area contributed by atoms with Gasteiger partial charge in [-0.2, -0.15) is 0 Å². The molecule has 2 aliphatic carbocycles. The normalized spacial score (nSPS) is 17.7. The van der Waals surface area contributed by atoms with Gasteiger partial charge in [0.1, 0.15) is 0 Å². The van der Waals surface area contributed by atoms with Crippen molar-refractivity contribution in [3.05, 3.63) is 143 Å². The van der Waals surface area contributed by atoms with Gasteiger partial charge in [0.25, 0.3) is 0 Å². The van der Waals surface area contributed by atoms with Crippen LogP contribution in [0.1, 0.15) is 69.1 Å². The van der Waals surface area contributed by atoms with Crippen LogP contribution in [0, 0.1) is 0 Å². The number of allylic oxidation sites excluding steroid dienone is 2. The average Bonchev–Trinajstić information content (AvgIpc) is 3.51. The molecule has 2 atom stereocenters. The van der Waals surface area contributed by atoms with Gasteiger partial charge in [-0.05, 0) is 0 Å². The Morgan fingerprint density at radius 3 is 1.34 bits per heavy atom. The molecule has 6 rings (SSSR count). The molecule has 0 aliphatic heterocycles. The van der Waals surface area contributed by atoms with E-state index in [1.165, 1.54) is 36.8 Å². The number of hydrogen-bond donors (Lipinski definition) is 0. The molecule has 2 unspecified atom stereocenters. The van der Waals surface area contributed by atoms with E-state index in [1.807, 2.05) is 0 Å². The predicted octanol–water partition coefficient (Wildman–Crippen LogP) is 8.02. The monoisotopic (exact) mass is 677 g/mol. The zero-order valence-corrected chi connectivity index (χ0v) is 27.4. The van der Waals surface area contributed by atoms with Crippen LogP contribution < -0.4 is 10.4 Å². The number of rotatable bonds is 9. The van der Waals surface area contributed by atoms with Crippen molar-refractivity contribution in [3.8, 4) is 0 Å². The SMILES string of the molecule is CCCC1=Cc2ccccc2[CH]1[Hf]([CH]1C(CCC)=Cc2ccccc21)[SiH](c1ccccc1)c1ccccc1. The van der Waals surface area contributed by atoms with Crippen molar-refractivity contribution in [2.75, 3.05) is 0 Å². The molecule has 189 valence electrons. The molecule has 0 amide bonds. The second-order valence-corrected chi connectivity index (χ2v) is 32.4. The first-order valence-electron chi connectivity index (χ1n) is 14.4. The van der Waals surface area contributed by atoms with E-state index in [0.717, 1.165) is 0 Å². The van der Waals surface area contributed by atoms with Gasteiger partial charge in [-0.15, -0.1) is 0 Å². The molecule has 0 bridgehead atoms. The Hall–Kier alpha value is -2.55. The Balaban J connectivity index is 1.63. The van der Waals surface area contributed by atoms with E-state index in [2.05, 4.69) is 135 Å². The van der Waals surface area contributed by atoms with Crippen LogP contribution in [0.2, 0.25) is 0 Å². The van der Waals surface area contributed by atoms with Gasteiger partial charge in [-0.25, -0.2) is 0 Å². The third-order valence-electron chi connectivity index (χ3n) is 8.38. The summed E-state index contributed by atoms with van der Waals surface area (Å²) in [4.78, 5) is 0. The van der Waals surface area contributed by atoms with Crippen molar-refractivity contribution in [2.45, 2.75) is 46.9 Å². The fourth-order valence-electron chi connectivity index (χ4n) is 6.94. The van der Waals surface area contributed by atoms with Crippen molar-refractivity contribution < 1.29 is 20.6 Å². The molecular weight excluding hydrogens is 639 g/mol. The van der Waals surface area contributed by atoms with Gasteiger partial charge >= 0.3 is 239 Å². The minimum atomic E-state index is -2.66. The summed E-state index contributed by atoms with van der Waals surface area (Å²) in [6, 6.07) is 42.2. The van der Waals surface area contributed by atoms with Crippen molar-refractivity contribution in [3.63, 3.8) is 0 Å². The molecule has 2 heteroatoms. The summed E-state index contributed by atoms with van der Waals surface area (Å²) in [7, 11) is 0. The van der Waals surface area contributed by atoms with Crippen LogP contribution >= 0.6 is 0 Å². The molecule has 4 aromatic carbocycles. The molecule has 0 aromatic heterocycles. The molecule has 0 saturated carbocycles. The van der Waals surface area contributed by atoms with E-state index in [0.29, 0.717) is 7.35 Å². The number of hydrogen-bond acceptors (Lipinski definition) is 0. The molecule has 0 spiro atoms. The molecule has 0 saturated heterocycles. The van der Waals surface area contributed by atoms with Crippen molar-refractivity contribution in [1.82, 2.24) is 0 Å². The van der Waals surface area contributed by atoms with Crippen molar-refractivity contribution >= 4 is 28.5 Å². The van der Waals surface area contributed by atoms with Gasteiger partial charge in [0, 0.05) is 0 Å².